The predicted molar refractivity (Wildman–Crippen MR) is 108 cm³/mol. The van der Waals surface area contributed by atoms with Crippen molar-refractivity contribution < 1.29 is 14.3 Å². The van der Waals surface area contributed by atoms with Crippen LogP contribution in [0.25, 0.3) is 0 Å². The fourth-order valence-electron chi connectivity index (χ4n) is 3.16. The number of epoxide rings is 1. The van der Waals surface area contributed by atoms with Crippen molar-refractivity contribution in [1.29, 1.82) is 0 Å². The summed E-state index contributed by atoms with van der Waals surface area (Å²) in [5, 5.41) is 0. The number of rotatable bonds is 19. The lowest BCUT2D eigenvalue weighted by Gasteiger charge is -2.15. The number of primary amides is 1. The molecule has 26 heavy (non-hydrogen) atoms. The van der Waals surface area contributed by atoms with Gasteiger partial charge in [-0.05, 0) is 38.0 Å². The summed E-state index contributed by atoms with van der Waals surface area (Å²) in [6, 6.07) is 0. The number of carbonyl (C=O) groups is 1. The lowest BCUT2D eigenvalue weighted by atomic mass is 9.97. The molecule has 4 heteroatoms. The second-order valence-electron chi connectivity index (χ2n) is 7.69. The van der Waals surface area contributed by atoms with Gasteiger partial charge in [-0.2, -0.15) is 0 Å². The second kappa shape index (κ2) is 16.3. The largest absolute Gasteiger partial charge is 0.378 e. The van der Waals surface area contributed by atoms with E-state index in [-0.39, 0.29) is 5.91 Å². The molecule has 0 aromatic heterocycles. The first-order valence-electron chi connectivity index (χ1n) is 10.8. The number of unbranched alkanes of at least 4 members (excludes halogenated alkanes) is 8. The Morgan fingerprint density at radius 3 is 2.58 bits per heavy atom. The quantitative estimate of drug-likeness (QED) is 0.195. The van der Waals surface area contributed by atoms with Crippen LogP contribution in [0.15, 0.2) is 12.2 Å². The molecule has 1 aliphatic rings. The van der Waals surface area contributed by atoms with Crippen molar-refractivity contribution in [2.24, 2.45) is 11.7 Å². The second-order valence-corrected chi connectivity index (χ2v) is 7.69. The zero-order valence-corrected chi connectivity index (χ0v) is 16.9. The van der Waals surface area contributed by atoms with Crippen LogP contribution in [0.3, 0.4) is 0 Å². The number of hydrogen-bond acceptors (Lipinski definition) is 3. The van der Waals surface area contributed by atoms with Crippen LogP contribution in [0.2, 0.25) is 0 Å². The molecule has 2 unspecified atom stereocenters. The monoisotopic (exact) mass is 367 g/mol. The average molecular weight is 368 g/mol. The van der Waals surface area contributed by atoms with Gasteiger partial charge in [0.05, 0.1) is 13.2 Å². The van der Waals surface area contributed by atoms with Crippen molar-refractivity contribution in [2.45, 2.75) is 96.5 Å². The van der Waals surface area contributed by atoms with Crippen molar-refractivity contribution in [3.05, 3.63) is 12.2 Å². The summed E-state index contributed by atoms with van der Waals surface area (Å²) in [6.07, 6.45) is 20.2. The molecule has 4 nitrogen and oxygen atoms in total. The van der Waals surface area contributed by atoms with Crippen molar-refractivity contribution in [1.82, 2.24) is 0 Å². The maximum absolute atomic E-state index is 10.7. The molecular formula is C22H41NO3. The Hall–Kier alpha value is -0.870. The van der Waals surface area contributed by atoms with Crippen molar-refractivity contribution in [3.8, 4) is 0 Å². The van der Waals surface area contributed by atoms with Gasteiger partial charge in [-0.1, -0.05) is 64.0 Å². The Kier molecular flexibility index (Phi) is 14.5. The Balaban J connectivity index is 2.03. The van der Waals surface area contributed by atoms with Crippen molar-refractivity contribution >= 4 is 5.91 Å². The minimum absolute atomic E-state index is 0.175. The van der Waals surface area contributed by atoms with Crippen LogP contribution in [0, 0.1) is 5.92 Å². The van der Waals surface area contributed by atoms with Gasteiger partial charge in [-0.15, -0.1) is 0 Å². The zero-order chi connectivity index (χ0) is 18.9. The Bertz CT molecular complexity index is 366. The lowest BCUT2D eigenvalue weighted by molar-refractivity contribution is -0.118. The van der Waals surface area contributed by atoms with E-state index in [1.807, 2.05) is 0 Å². The summed E-state index contributed by atoms with van der Waals surface area (Å²) in [6.45, 7) is 4.78. The first kappa shape index (κ1) is 23.2. The van der Waals surface area contributed by atoms with Crippen molar-refractivity contribution in [3.63, 3.8) is 0 Å². The van der Waals surface area contributed by atoms with Gasteiger partial charge < -0.3 is 15.2 Å². The molecule has 1 amide bonds. The molecule has 1 heterocycles. The Morgan fingerprint density at radius 1 is 1.12 bits per heavy atom. The van der Waals surface area contributed by atoms with Crippen LogP contribution >= 0.6 is 0 Å². The summed E-state index contributed by atoms with van der Waals surface area (Å²) >= 11 is 0. The van der Waals surface area contributed by atoms with E-state index in [4.69, 9.17) is 15.2 Å². The SMILES string of the molecule is CCCCCCC(CC=CCCCCCCCC(N)=O)COCC1CO1. The van der Waals surface area contributed by atoms with E-state index in [2.05, 4.69) is 19.1 Å². The first-order chi connectivity index (χ1) is 12.7. The molecule has 2 N–H and O–H groups in total. The third kappa shape index (κ3) is 15.4. The van der Waals surface area contributed by atoms with Gasteiger partial charge in [-0.3, -0.25) is 4.79 Å². The van der Waals surface area contributed by atoms with E-state index >= 15 is 0 Å². The number of allylic oxidation sites excluding steroid dienone is 2. The highest BCUT2D eigenvalue weighted by Gasteiger charge is 2.22. The van der Waals surface area contributed by atoms with E-state index < -0.39 is 0 Å². The molecule has 0 spiro atoms. The van der Waals surface area contributed by atoms with Gasteiger partial charge in [0.15, 0.2) is 0 Å². The molecule has 0 aromatic rings. The summed E-state index contributed by atoms with van der Waals surface area (Å²) in [4.78, 5) is 10.7. The van der Waals surface area contributed by atoms with Crippen LogP contribution < -0.4 is 5.73 Å². The summed E-state index contributed by atoms with van der Waals surface area (Å²) in [5.74, 6) is 0.474. The molecule has 0 saturated carbocycles. The summed E-state index contributed by atoms with van der Waals surface area (Å²) in [5.41, 5.74) is 5.14. The summed E-state index contributed by atoms with van der Waals surface area (Å²) < 4.78 is 11.0. The number of carbonyl (C=O) groups excluding carboxylic acids is 1. The number of hydrogen-bond donors (Lipinski definition) is 1. The van der Waals surface area contributed by atoms with Gasteiger partial charge in [0.1, 0.15) is 6.10 Å². The first-order valence-corrected chi connectivity index (χ1v) is 10.8. The fraction of sp³-hybridized carbons (Fsp3) is 0.864. The fourth-order valence-corrected chi connectivity index (χ4v) is 3.16. The third-order valence-electron chi connectivity index (χ3n) is 4.96. The van der Waals surface area contributed by atoms with Gasteiger partial charge in [0.25, 0.3) is 0 Å². The lowest BCUT2D eigenvalue weighted by Crippen LogP contribution is -2.12. The van der Waals surface area contributed by atoms with E-state index in [0.717, 1.165) is 45.5 Å². The molecule has 2 atom stereocenters. The molecular weight excluding hydrogens is 326 g/mol. The van der Waals surface area contributed by atoms with Crippen LogP contribution in [-0.4, -0.2) is 31.8 Å². The smallest absolute Gasteiger partial charge is 0.217 e. The highest BCUT2D eigenvalue weighted by molar-refractivity contribution is 5.73. The van der Waals surface area contributed by atoms with Crippen LogP contribution in [-0.2, 0) is 14.3 Å². The van der Waals surface area contributed by atoms with Gasteiger partial charge in [-0.25, -0.2) is 0 Å². The summed E-state index contributed by atoms with van der Waals surface area (Å²) in [7, 11) is 0. The van der Waals surface area contributed by atoms with E-state index in [9.17, 15) is 4.79 Å². The van der Waals surface area contributed by atoms with Crippen LogP contribution in [0.1, 0.15) is 90.4 Å². The zero-order valence-electron chi connectivity index (χ0n) is 16.9. The van der Waals surface area contributed by atoms with Crippen LogP contribution in [0.4, 0.5) is 0 Å². The molecule has 0 radical (unpaired) electrons. The third-order valence-corrected chi connectivity index (χ3v) is 4.96. The Labute approximate surface area is 160 Å². The molecule has 1 saturated heterocycles. The van der Waals surface area contributed by atoms with Gasteiger partial charge in [0, 0.05) is 13.0 Å². The topological polar surface area (TPSA) is 64.9 Å². The minimum Gasteiger partial charge on any atom is -0.378 e. The molecule has 1 fully saturated rings. The number of amides is 1. The molecule has 0 bridgehead atoms. The number of ether oxygens (including phenoxy) is 2. The van der Waals surface area contributed by atoms with E-state index in [1.54, 1.807) is 0 Å². The molecule has 0 aliphatic carbocycles. The number of nitrogens with two attached hydrogens (primary N) is 1. The maximum Gasteiger partial charge on any atom is 0.217 e. The van der Waals surface area contributed by atoms with Crippen LogP contribution in [0.5, 0.6) is 0 Å². The minimum atomic E-state index is -0.175. The maximum atomic E-state index is 10.7. The standard InChI is InChI=1S/C22H41NO3/c1-2-3-4-11-14-20(17-25-18-21-19-26-21)15-12-9-7-5-6-8-10-13-16-22(23)24/h9,12,20-21H,2-8,10-11,13-19H2,1H3,(H2,23,24). The molecule has 1 rings (SSSR count). The normalized spacial score (nSPS) is 17.7. The molecule has 1 aliphatic heterocycles. The Morgan fingerprint density at radius 2 is 1.85 bits per heavy atom. The van der Waals surface area contributed by atoms with Gasteiger partial charge in [0.2, 0.25) is 5.91 Å². The highest BCUT2D eigenvalue weighted by Crippen LogP contribution is 2.18. The highest BCUT2D eigenvalue weighted by atomic mass is 16.6. The van der Waals surface area contributed by atoms with Crippen molar-refractivity contribution in [2.75, 3.05) is 19.8 Å². The van der Waals surface area contributed by atoms with E-state index in [1.165, 1.54) is 51.4 Å². The van der Waals surface area contributed by atoms with E-state index in [0.29, 0.717) is 18.4 Å². The molecule has 0 aromatic carbocycles. The molecule has 152 valence electrons. The predicted octanol–water partition coefficient (Wildman–Crippen LogP) is 5.15. The average Bonchev–Trinajstić information content (AvgIpc) is 3.43. The van der Waals surface area contributed by atoms with Gasteiger partial charge >= 0.3 is 0 Å².